The Bertz CT molecular complexity index is 218. The molecular formula is C14H28O3. The average Bonchev–Trinajstić information content (AvgIpc) is 2.18. The van der Waals surface area contributed by atoms with Gasteiger partial charge in [0, 0.05) is 0 Å². The largest absolute Gasteiger partial charge is 0.481 e. The minimum Gasteiger partial charge on any atom is -0.481 e. The summed E-state index contributed by atoms with van der Waals surface area (Å²) in [6.07, 6.45) is 5.57. The fourth-order valence-corrected chi connectivity index (χ4v) is 1.05. The third-order valence-electron chi connectivity index (χ3n) is 2.29. The van der Waals surface area contributed by atoms with Gasteiger partial charge in [-0.25, -0.2) is 0 Å². The molecule has 0 atom stereocenters. The highest BCUT2D eigenvalue weighted by Crippen LogP contribution is 2.10. The lowest BCUT2D eigenvalue weighted by Gasteiger charge is -2.03. The predicted octanol–water partition coefficient (Wildman–Crippen LogP) is 3.48. The van der Waals surface area contributed by atoms with E-state index in [0.29, 0.717) is 0 Å². The summed E-state index contributed by atoms with van der Waals surface area (Å²) < 4.78 is 0. The van der Waals surface area contributed by atoms with Crippen LogP contribution >= 0.6 is 0 Å². The van der Waals surface area contributed by atoms with Crippen LogP contribution in [0.3, 0.4) is 0 Å². The highest BCUT2D eigenvalue weighted by molar-refractivity contribution is 5.68. The van der Waals surface area contributed by atoms with Gasteiger partial charge in [0.25, 0.3) is 0 Å². The third-order valence-corrected chi connectivity index (χ3v) is 2.29. The summed E-state index contributed by atoms with van der Waals surface area (Å²) in [6.45, 7) is 10.0. The second-order valence-electron chi connectivity index (χ2n) is 5.01. The van der Waals surface area contributed by atoms with Crippen molar-refractivity contribution < 1.29 is 15.0 Å². The lowest BCUT2D eigenvalue weighted by molar-refractivity contribution is -0.140. The van der Waals surface area contributed by atoms with Crippen LogP contribution in [0.5, 0.6) is 0 Å². The molecule has 0 aromatic rings. The smallest absolute Gasteiger partial charge is 0.305 e. The minimum atomic E-state index is -0.741. The summed E-state index contributed by atoms with van der Waals surface area (Å²) in [5, 5.41) is 16.6. The average molecular weight is 244 g/mol. The number of aliphatic hydroxyl groups excluding tert-OH is 1. The van der Waals surface area contributed by atoms with Crippen molar-refractivity contribution in [2.75, 3.05) is 6.61 Å². The van der Waals surface area contributed by atoms with Gasteiger partial charge in [-0.05, 0) is 25.7 Å². The number of carboxylic acids is 1. The zero-order valence-corrected chi connectivity index (χ0v) is 11.9. The fraction of sp³-hybridized carbons (Fsp3) is 0.786. The maximum Gasteiger partial charge on any atom is 0.305 e. The molecule has 2 N–H and O–H groups in total. The molecule has 0 saturated heterocycles. The molecule has 0 aliphatic rings. The molecular weight excluding hydrogens is 216 g/mol. The van der Waals surface area contributed by atoms with Crippen LogP contribution in [0.2, 0.25) is 0 Å². The molecule has 3 heteroatoms. The van der Waals surface area contributed by atoms with E-state index < -0.39 is 5.97 Å². The maximum absolute atomic E-state index is 9.70. The van der Waals surface area contributed by atoms with Crippen LogP contribution in [0, 0.1) is 11.8 Å². The molecule has 0 amide bonds. The third kappa shape index (κ3) is 17.8. The van der Waals surface area contributed by atoms with Crippen LogP contribution in [-0.2, 0) is 4.79 Å². The normalized spacial score (nSPS) is 11.4. The van der Waals surface area contributed by atoms with E-state index in [2.05, 4.69) is 20.8 Å². The van der Waals surface area contributed by atoms with Crippen LogP contribution < -0.4 is 0 Å². The first-order valence-electron chi connectivity index (χ1n) is 6.30. The Labute approximate surface area is 106 Å². The molecule has 102 valence electrons. The van der Waals surface area contributed by atoms with Crippen LogP contribution in [0.25, 0.3) is 0 Å². The second kappa shape index (κ2) is 11.6. The maximum atomic E-state index is 9.70. The first kappa shape index (κ1) is 18.5. The van der Waals surface area contributed by atoms with Gasteiger partial charge in [0.2, 0.25) is 0 Å². The van der Waals surface area contributed by atoms with Crippen molar-refractivity contribution in [3.05, 3.63) is 11.6 Å². The number of rotatable bonds is 6. The molecule has 0 radical (unpaired) electrons. The highest BCUT2D eigenvalue weighted by atomic mass is 16.4. The summed E-state index contributed by atoms with van der Waals surface area (Å²) in [7, 11) is 0. The van der Waals surface area contributed by atoms with E-state index in [0.717, 1.165) is 12.3 Å². The Kier molecular flexibility index (Phi) is 12.7. The summed E-state index contributed by atoms with van der Waals surface area (Å²) in [6, 6.07) is 0. The number of carbonyl (C=O) groups is 1. The van der Waals surface area contributed by atoms with Crippen molar-refractivity contribution in [2.45, 2.75) is 53.9 Å². The van der Waals surface area contributed by atoms with Crippen LogP contribution in [-0.4, -0.2) is 22.8 Å². The Hall–Kier alpha value is -0.830. The standard InChI is InChI=1S/C10H20O.C4H8O2/c1-9(2)5-4-6-10(3)7-8-11;1-3(2)4(5)6/h7,9,11H,4-6,8H2,1-3H3;3H,1-2H3,(H,5,6)/b10-7-;. The lowest BCUT2D eigenvalue weighted by Crippen LogP contribution is -2.03. The van der Waals surface area contributed by atoms with Crippen molar-refractivity contribution >= 4 is 5.97 Å². The van der Waals surface area contributed by atoms with E-state index >= 15 is 0 Å². The molecule has 0 bridgehead atoms. The zero-order valence-electron chi connectivity index (χ0n) is 11.9. The van der Waals surface area contributed by atoms with Gasteiger partial charge >= 0.3 is 5.97 Å². The number of allylic oxidation sites excluding steroid dienone is 1. The van der Waals surface area contributed by atoms with Crippen LogP contribution in [0.1, 0.15) is 53.9 Å². The van der Waals surface area contributed by atoms with Crippen molar-refractivity contribution in [3.8, 4) is 0 Å². The monoisotopic (exact) mass is 244 g/mol. The topological polar surface area (TPSA) is 57.5 Å². The van der Waals surface area contributed by atoms with E-state index in [-0.39, 0.29) is 12.5 Å². The van der Waals surface area contributed by atoms with Gasteiger partial charge in [0.15, 0.2) is 0 Å². The number of aliphatic hydroxyl groups is 1. The Balaban J connectivity index is 0. The van der Waals surface area contributed by atoms with Gasteiger partial charge in [0.1, 0.15) is 0 Å². The summed E-state index contributed by atoms with van der Waals surface area (Å²) in [4.78, 5) is 9.70. The number of hydrogen-bond acceptors (Lipinski definition) is 2. The van der Waals surface area contributed by atoms with Gasteiger partial charge in [-0.2, -0.15) is 0 Å². The van der Waals surface area contributed by atoms with Gasteiger partial charge in [0.05, 0.1) is 12.5 Å². The van der Waals surface area contributed by atoms with Gasteiger partial charge < -0.3 is 10.2 Å². The van der Waals surface area contributed by atoms with Crippen LogP contribution in [0.4, 0.5) is 0 Å². The van der Waals surface area contributed by atoms with Gasteiger partial charge in [-0.3, -0.25) is 4.79 Å². The van der Waals surface area contributed by atoms with E-state index in [9.17, 15) is 4.79 Å². The molecule has 0 aliphatic heterocycles. The molecule has 0 aromatic carbocycles. The van der Waals surface area contributed by atoms with Gasteiger partial charge in [-0.1, -0.05) is 45.8 Å². The molecule has 3 nitrogen and oxygen atoms in total. The van der Waals surface area contributed by atoms with Crippen molar-refractivity contribution in [2.24, 2.45) is 11.8 Å². The van der Waals surface area contributed by atoms with Crippen LogP contribution in [0.15, 0.2) is 11.6 Å². The Morgan fingerprint density at radius 1 is 1.24 bits per heavy atom. The fourth-order valence-electron chi connectivity index (χ4n) is 1.05. The van der Waals surface area contributed by atoms with E-state index in [1.165, 1.54) is 18.4 Å². The summed E-state index contributed by atoms with van der Waals surface area (Å²) in [5.41, 5.74) is 1.31. The number of carboxylic acid groups (broad SMARTS) is 1. The van der Waals surface area contributed by atoms with E-state index in [4.69, 9.17) is 10.2 Å². The van der Waals surface area contributed by atoms with Crippen molar-refractivity contribution in [3.63, 3.8) is 0 Å². The molecule has 17 heavy (non-hydrogen) atoms. The summed E-state index contributed by atoms with van der Waals surface area (Å²) >= 11 is 0. The molecule has 0 heterocycles. The molecule has 0 aromatic heterocycles. The molecule has 0 unspecified atom stereocenters. The molecule has 0 rings (SSSR count). The number of hydrogen-bond donors (Lipinski definition) is 2. The number of aliphatic carboxylic acids is 1. The lowest BCUT2D eigenvalue weighted by atomic mass is 10.0. The molecule has 0 saturated carbocycles. The minimum absolute atomic E-state index is 0.188. The van der Waals surface area contributed by atoms with Crippen molar-refractivity contribution in [1.82, 2.24) is 0 Å². The molecule has 0 spiro atoms. The Morgan fingerprint density at radius 3 is 2.00 bits per heavy atom. The first-order valence-corrected chi connectivity index (χ1v) is 6.30. The zero-order chi connectivity index (χ0) is 13.8. The summed E-state index contributed by atoms with van der Waals surface area (Å²) in [5.74, 6) is -0.170. The second-order valence-corrected chi connectivity index (χ2v) is 5.01. The first-order chi connectivity index (χ1) is 7.81. The van der Waals surface area contributed by atoms with E-state index in [1.54, 1.807) is 13.8 Å². The van der Waals surface area contributed by atoms with E-state index in [1.807, 2.05) is 6.08 Å². The highest BCUT2D eigenvalue weighted by Gasteiger charge is 1.99. The SMILES string of the molecule is C/C(=C/CO)CCCC(C)C.CC(C)C(=O)O. The predicted molar refractivity (Wildman–Crippen MR) is 72.0 cm³/mol. The molecule has 0 aliphatic carbocycles. The Morgan fingerprint density at radius 2 is 1.71 bits per heavy atom. The molecule has 0 fully saturated rings. The van der Waals surface area contributed by atoms with Gasteiger partial charge in [-0.15, -0.1) is 0 Å². The quantitative estimate of drug-likeness (QED) is 0.703. The van der Waals surface area contributed by atoms with Crippen molar-refractivity contribution in [1.29, 1.82) is 0 Å².